The largest absolute Gasteiger partial charge is 0.495 e. The maximum atomic E-state index is 12.5. The van der Waals surface area contributed by atoms with Gasteiger partial charge in [0.1, 0.15) is 5.75 Å². The van der Waals surface area contributed by atoms with Crippen LogP contribution >= 0.6 is 11.6 Å². The van der Waals surface area contributed by atoms with Crippen LogP contribution in [0.5, 0.6) is 5.75 Å². The Bertz CT molecular complexity index is 811. The summed E-state index contributed by atoms with van der Waals surface area (Å²) in [5.41, 5.74) is 1.58. The average Bonchev–Trinajstić information content (AvgIpc) is 2.68. The molecule has 156 valence electrons. The zero-order valence-electron chi connectivity index (χ0n) is 17.1. The van der Waals surface area contributed by atoms with Crippen LogP contribution in [0.3, 0.4) is 0 Å². The maximum Gasteiger partial charge on any atom is 0.238 e. The Balaban J connectivity index is 1.91. The van der Waals surface area contributed by atoms with Crippen molar-refractivity contribution in [2.75, 3.05) is 32.1 Å². The number of rotatable bonds is 10. The van der Waals surface area contributed by atoms with Gasteiger partial charge in [-0.1, -0.05) is 42.8 Å². The Labute approximate surface area is 177 Å². The second-order valence-electron chi connectivity index (χ2n) is 6.80. The van der Waals surface area contributed by atoms with E-state index in [0.29, 0.717) is 23.0 Å². The molecular weight excluding hydrogens is 390 g/mol. The third kappa shape index (κ3) is 7.40. The number of methoxy groups -OCH3 is 1. The molecule has 2 amide bonds. The predicted molar refractivity (Wildman–Crippen MR) is 116 cm³/mol. The molecule has 0 aliphatic heterocycles. The second-order valence-corrected chi connectivity index (χ2v) is 7.24. The number of anilines is 1. The van der Waals surface area contributed by atoms with E-state index >= 15 is 0 Å². The van der Waals surface area contributed by atoms with Crippen molar-refractivity contribution in [3.8, 4) is 5.75 Å². The molecule has 0 bridgehead atoms. The van der Waals surface area contributed by atoms with E-state index in [-0.39, 0.29) is 30.9 Å². The monoisotopic (exact) mass is 417 g/mol. The van der Waals surface area contributed by atoms with Crippen molar-refractivity contribution in [3.63, 3.8) is 0 Å². The lowest BCUT2D eigenvalue weighted by molar-refractivity contribution is -0.124. The van der Waals surface area contributed by atoms with E-state index in [1.165, 1.54) is 0 Å². The summed E-state index contributed by atoms with van der Waals surface area (Å²) in [6.45, 7) is 4.83. The quantitative estimate of drug-likeness (QED) is 0.615. The summed E-state index contributed by atoms with van der Waals surface area (Å²) in [7, 11) is 1.56. The van der Waals surface area contributed by atoms with Crippen LogP contribution in [0.25, 0.3) is 0 Å². The summed E-state index contributed by atoms with van der Waals surface area (Å²) in [6, 6.07) is 14.4. The molecule has 0 saturated heterocycles. The summed E-state index contributed by atoms with van der Waals surface area (Å²) in [4.78, 5) is 26.8. The molecule has 2 aromatic carbocycles. The van der Waals surface area contributed by atoms with Crippen LogP contribution in [0, 0.1) is 0 Å². The third-order valence-electron chi connectivity index (χ3n) is 4.40. The molecule has 0 spiro atoms. The lowest BCUT2D eigenvalue weighted by Crippen LogP contribution is -2.42. The van der Waals surface area contributed by atoms with Crippen LogP contribution < -0.4 is 15.4 Å². The third-order valence-corrected chi connectivity index (χ3v) is 4.65. The minimum absolute atomic E-state index is 0.120. The van der Waals surface area contributed by atoms with Crippen molar-refractivity contribution in [3.05, 3.63) is 59.1 Å². The zero-order chi connectivity index (χ0) is 21.2. The molecule has 0 saturated carbocycles. The molecule has 0 fully saturated rings. The Kier molecular flexibility index (Phi) is 8.96. The van der Waals surface area contributed by atoms with Gasteiger partial charge in [0.15, 0.2) is 0 Å². The predicted octanol–water partition coefficient (Wildman–Crippen LogP) is 3.88. The van der Waals surface area contributed by atoms with Gasteiger partial charge in [0.25, 0.3) is 0 Å². The minimum Gasteiger partial charge on any atom is -0.495 e. The van der Waals surface area contributed by atoms with Gasteiger partial charge < -0.3 is 15.4 Å². The topological polar surface area (TPSA) is 70.7 Å². The van der Waals surface area contributed by atoms with Gasteiger partial charge in [0.05, 0.1) is 31.9 Å². The number of halogens is 1. The maximum absolute atomic E-state index is 12.5. The SMILES string of the molecule is CCCN(CC(=O)Nc1ccccc1OC)CC(=O)N[C@H](C)c1ccc(Cl)cc1. The summed E-state index contributed by atoms with van der Waals surface area (Å²) in [5.74, 6) is 0.268. The van der Waals surface area contributed by atoms with Gasteiger partial charge in [0, 0.05) is 5.02 Å². The molecule has 7 heteroatoms. The summed E-state index contributed by atoms with van der Waals surface area (Å²) in [5, 5.41) is 6.47. The minimum atomic E-state index is -0.193. The molecule has 2 aromatic rings. The van der Waals surface area contributed by atoms with Crippen molar-refractivity contribution >= 4 is 29.1 Å². The lowest BCUT2D eigenvalue weighted by atomic mass is 10.1. The number of carbonyl (C=O) groups excluding carboxylic acids is 2. The van der Waals surface area contributed by atoms with E-state index in [9.17, 15) is 9.59 Å². The Morgan fingerprint density at radius 2 is 1.72 bits per heavy atom. The average molecular weight is 418 g/mol. The van der Waals surface area contributed by atoms with Crippen molar-refractivity contribution in [1.29, 1.82) is 0 Å². The number of hydrogen-bond acceptors (Lipinski definition) is 4. The van der Waals surface area contributed by atoms with Crippen LogP contribution in [0.15, 0.2) is 48.5 Å². The molecule has 6 nitrogen and oxygen atoms in total. The highest BCUT2D eigenvalue weighted by Crippen LogP contribution is 2.22. The standard InChI is InChI=1S/C22H28ClN3O3/c1-4-13-26(15-22(28)25-19-7-5-6-8-20(19)29-3)14-21(27)24-16(2)17-9-11-18(23)12-10-17/h5-12,16H,4,13-15H2,1-3H3,(H,24,27)(H,25,28)/t16-/m1/s1. The molecule has 1 atom stereocenters. The number of hydrogen-bond donors (Lipinski definition) is 2. The normalized spacial score (nSPS) is 11.8. The Hall–Kier alpha value is -2.57. The first-order chi connectivity index (χ1) is 13.9. The first-order valence-electron chi connectivity index (χ1n) is 9.63. The van der Waals surface area contributed by atoms with Crippen molar-refractivity contribution in [1.82, 2.24) is 10.2 Å². The van der Waals surface area contributed by atoms with Crippen LogP contribution in [0.1, 0.15) is 31.9 Å². The fourth-order valence-electron chi connectivity index (χ4n) is 3.00. The van der Waals surface area contributed by atoms with Crippen molar-refractivity contribution in [2.24, 2.45) is 0 Å². The van der Waals surface area contributed by atoms with Crippen molar-refractivity contribution in [2.45, 2.75) is 26.3 Å². The van der Waals surface area contributed by atoms with E-state index in [0.717, 1.165) is 12.0 Å². The van der Waals surface area contributed by atoms with E-state index in [1.54, 1.807) is 31.4 Å². The van der Waals surface area contributed by atoms with Gasteiger partial charge in [-0.25, -0.2) is 0 Å². The van der Waals surface area contributed by atoms with Crippen LogP contribution in [0.2, 0.25) is 5.02 Å². The number of amides is 2. The molecule has 0 radical (unpaired) electrons. The van der Waals surface area contributed by atoms with Crippen LogP contribution in [-0.2, 0) is 9.59 Å². The number of para-hydroxylation sites is 2. The molecule has 0 aliphatic carbocycles. The van der Waals surface area contributed by atoms with E-state index in [4.69, 9.17) is 16.3 Å². The number of nitrogens with one attached hydrogen (secondary N) is 2. The molecule has 2 N–H and O–H groups in total. The number of carbonyl (C=O) groups is 2. The highest BCUT2D eigenvalue weighted by Gasteiger charge is 2.17. The number of ether oxygens (including phenoxy) is 1. The zero-order valence-corrected chi connectivity index (χ0v) is 17.8. The first-order valence-corrected chi connectivity index (χ1v) is 10.0. The van der Waals surface area contributed by atoms with Gasteiger partial charge in [-0.05, 0) is 49.7 Å². The van der Waals surface area contributed by atoms with Crippen LogP contribution in [-0.4, -0.2) is 43.5 Å². The molecule has 0 aromatic heterocycles. The van der Waals surface area contributed by atoms with Crippen LogP contribution in [0.4, 0.5) is 5.69 Å². The van der Waals surface area contributed by atoms with Gasteiger partial charge in [0.2, 0.25) is 11.8 Å². The highest BCUT2D eigenvalue weighted by atomic mass is 35.5. The molecule has 29 heavy (non-hydrogen) atoms. The fourth-order valence-corrected chi connectivity index (χ4v) is 3.12. The van der Waals surface area contributed by atoms with Crippen molar-refractivity contribution < 1.29 is 14.3 Å². The summed E-state index contributed by atoms with van der Waals surface area (Å²) in [6.07, 6.45) is 0.835. The molecule has 0 heterocycles. The van der Waals surface area contributed by atoms with Gasteiger partial charge in [-0.2, -0.15) is 0 Å². The molecular formula is C22H28ClN3O3. The Morgan fingerprint density at radius 1 is 1.07 bits per heavy atom. The first kappa shape index (κ1) is 22.7. The van der Waals surface area contributed by atoms with Gasteiger partial charge in [-0.15, -0.1) is 0 Å². The lowest BCUT2D eigenvalue weighted by Gasteiger charge is -2.22. The van der Waals surface area contributed by atoms with Gasteiger partial charge in [-0.3, -0.25) is 14.5 Å². The van der Waals surface area contributed by atoms with Gasteiger partial charge >= 0.3 is 0 Å². The molecule has 2 rings (SSSR count). The molecule has 0 unspecified atom stereocenters. The number of benzene rings is 2. The summed E-state index contributed by atoms with van der Waals surface area (Å²) >= 11 is 5.91. The van der Waals surface area contributed by atoms with E-state index in [1.807, 2.05) is 43.0 Å². The number of nitrogens with zero attached hydrogens (tertiary/aromatic N) is 1. The molecule has 0 aliphatic rings. The Morgan fingerprint density at radius 3 is 2.38 bits per heavy atom. The van der Waals surface area contributed by atoms with E-state index in [2.05, 4.69) is 10.6 Å². The smallest absolute Gasteiger partial charge is 0.238 e. The highest BCUT2D eigenvalue weighted by molar-refractivity contribution is 6.30. The summed E-state index contributed by atoms with van der Waals surface area (Å²) < 4.78 is 5.26. The fraction of sp³-hybridized carbons (Fsp3) is 0.364. The van der Waals surface area contributed by atoms with E-state index < -0.39 is 0 Å². The second kappa shape index (κ2) is 11.4.